The molecule has 1 heterocycles. The quantitative estimate of drug-likeness (QED) is 0.557. The molecule has 1 aliphatic rings. The molecule has 0 aromatic heterocycles. The van der Waals surface area contributed by atoms with E-state index in [2.05, 4.69) is 5.32 Å². The minimum absolute atomic E-state index is 0.0550. The first-order chi connectivity index (χ1) is 16.0. The zero-order valence-corrected chi connectivity index (χ0v) is 20.1. The highest BCUT2D eigenvalue weighted by Gasteiger charge is 2.52. The Morgan fingerprint density at radius 3 is 2.29 bits per heavy atom. The van der Waals surface area contributed by atoms with Crippen molar-refractivity contribution in [3.05, 3.63) is 70.7 Å². The summed E-state index contributed by atoms with van der Waals surface area (Å²) in [5, 5.41) is 12.1. The van der Waals surface area contributed by atoms with Gasteiger partial charge in [0, 0.05) is 6.54 Å². The third-order valence-electron chi connectivity index (χ3n) is 6.01. The van der Waals surface area contributed by atoms with Crippen LogP contribution in [-0.2, 0) is 20.7 Å². The fourth-order valence-electron chi connectivity index (χ4n) is 3.33. The van der Waals surface area contributed by atoms with Gasteiger partial charge < -0.3 is 29.2 Å². The Balaban J connectivity index is 1.80. The zero-order valence-electron chi connectivity index (χ0n) is 20.1. The SMILES string of the molecule is COc1cc(C=C(CNC(=O)OCc2ccccc2)B2OC(C)(C)C(C)(C)O2)ccc1C(=O)O. The molecule has 9 heteroatoms. The van der Waals surface area contributed by atoms with Crippen LogP contribution in [0.3, 0.4) is 0 Å². The van der Waals surface area contributed by atoms with E-state index in [1.165, 1.54) is 13.2 Å². The van der Waals surface area contributed by atoms with Crippen LogP contribution in [0, 0.1) is 0 Å². The van der Waals surface area contributed by atoms with Crippen molar-refractivity contribution in [3.8, 4) is 5.75 Å². The van der Waals surface area contributed by atoms with Gasteiger partial charge in [-0.1, -0.05) is 42.5 Å². The molecule has 1 aliphatic heterocycles. The van der Waals surface area contributed by atoms with Gasteiger partial charge in [0.05, 0.1) is 18.3 Å². The standard InChI is InChI=1S/C25H30BNO7/c1-24(2)25(3,4)34-26(33-24)19(13-18-11-12-20(22(28)29)21(14-18)31-5)15-27-23(30)32-16-17-9-7-6-8-10-17/h6-14H,15-16H2,1-5H3,(H,27,30)(H,28,29). The van der Waals surface area contributed by atoms with Crippen molar-refractivity contribution in [2.75, 3.05) is 13.7 Å². The van der Waals surface area contributed by atoms with E-state index in [0.29, 0.717) is 11.0 Å². The average Bonchev–Trinajstić information content (AvgIpc) is 3.02. The zero-order chi connectivity index (χ0) is 24.9. The number of hydrogen-bond donors (Lipinski definition) is 2. The van der Waals surface area contributed by atoms with Gasteiger partial charge >= 0.3 is 19.2 Å². The summed E-state index contributed by atoms with van der Waals surface area (Å²) >= 11 is 0. The number of carbonyl (C=O) groups excluding carboxylic acids is 1. The first-order valence-electron chi connectivity index (χ1n) is 10.9. The normalized spacial score (nSPS) is 16.7. The number of amides is 1. The summed E-state index contributed by atoms with van der Waals surface area (Å²) in [6.45, 7) is 8.02. The molecule has 0 radical (unpaired) electrons. The van der Waals surface area contributed by atoms with Crippen LogP contribution < -0.4 is 10.1 Å². The number of rotatable bonds is 8. The van der Waals surface area contributed by atoms with Gasteiger partial charge in [-0.25, -0.2) is 9.59 Å². The number of nitrogens with one attached hydrogen (secondary N) is 1. The first kappa shape index (κ1) is 25.3. The summed E-state index contributed by atoms with van der Waals surface area (Å²) in [4.78, 5) is 23.7. The molecule has 2 N–H and O–H groups in total. The maximum Gasteiger partial charge on any atom is 0.492 e. The number of aromatic carboxylic acids is 1. The molecule has 1 saturated heterocycles. The van der Waals surface area contributed by atoms with Gasteiger partial charge in [-0.3, -0.25) is 0 Å². The van der Waals surface area contributed by atoms with Gasteiger partial charge in [0.1, 0.15) is 17.9 Å². The summed E-state index contributed by atoms with van der Waals surface area (Å²) in [5.74, 6) is -0.855. The predicted molar refractivity (Wildman–Crippen MR) is 129 cm³/mol. The number of carbonyl (C=O) groups is 2. The van der Waals surface area contributed by atoms with Crippen molar-refractivity contribution in [2.45, 2.75) is 45.5 Å². The Labute approximate surface area is 200 Å². The van der Waals surface area contributed by atoms with Crippen molar-refractivity contribution < 1.29 is 33.5 Å². The van der Waals surface area contributed by atoms with E-state index in [1.54, 1.807) is 18.2 Å². The summed E-state index contributed by atoms with van der Waals surface area (Å²) in [6, 6.07) is 14.1. The van der Waals surface area contributed by atoms with Crippen LogP contribution in [0.15, 0.2) is 54.0 Å². The largest absolute Gasteiger partial charge is 0.496 e. The van der Waals surface area contributed by atoms with Crippen molar-refractivity contribution in [1.29, 1.82) is 0 Å². The topological polar surface area (TPSA) is 103 Å². The van der Waals surface area contributed by atoms with Crippen LogP contribution in [0.4, 0.5) is 4.79 Å². The smallest absolute Gasteiger partial charge is 0.492 e. The Morgan fingerprint density at radius 1 is 1.06 bits per heavy atom. The van der Waals surface area contributed by atoms with Crippen molar-refractivity contribution >= 4 is 25.3 Å². The Morgan fingerprint density at radius 2 is 1.71 bits per heavy atom. The minimum Gasteiger partial charge on any atom is -0.496 e. The van der Waals surface area contributed by atoms with Crippen molar-refractivity contribution in [2.24, 2.45) is 0 Å². The van der Waals surface area contributed by atoms with Gasteiger partial charge in [0.15, 0.2) is 0 Å². The number of hydrogen-bond acceptors (Lipinski definition) is 6. The number of carboxylic acids is 1. The van der Waals surface area contributed by atoms with Gasteiger partial charge in [0.2, 0.25) is 0 Å². The molecule has 0 spiro atoms. The highest BCUT2D eigenvalue weighted by molar-refractivity contribution is 6.56. The molecule has 0 saturated carbocycles. The third kappa shape index (κ3) is 5.98. The van der Waals surface area contributed by atoms with Crippen LogP contribution in [-0.4, -0.2) is 49.1 Å². The van der Waals surface area contributed by atoms with Crippen LogP contribution in [0.5, 0.6) is 5.75 Å². The molecule has 0 atom stereocenters. The lowest BCUT2D eigenvalue weighted by Crippen LogP contribution is -2.41. The number of carboxylic acid groups (broad SMARTS) is 1. The summed E-state index contributed by atoms with van der Waals surface area (Å²) in [7, 11) is 0.693. The van der Waals surface area contributed by atoms with E-state index in [1.807, 2.05) is 58.0 Å². The molecule has 1 amide bonds. The molecule has 3 rings (SSSR count). The van der Waals surface area contributed by atoms with E-state index in [-0.39, 0.29) is 24.5 Å². The highest BCUT2D eigenvalue weighted by atomic mass is 16.7. The molecule has 0 bridgehead atoms. The monoisotopic (exact) mass is 467 g/mol. The van der Waals surface area contributed by atoms with Gasteiger partial charge in [-0.2, -0.15) is 0 Å². The average molecular weight is 467 g/mol. The van der Waals surface area contributed by atoms with E-state index in [4.69, 9.17) is 18.8 Å². The molecular formula is C25H30BNO7. The fourth-order valence-corrected chi connectivity index (χ4v) is 3.33. The molecule has 2 aromatic rings. The fraction of sp³-hybridized carbons (Fsp3) is 0.360. The van der Waals surface area contributed by atoms with Crippen molar-refractivity contribution in [1.82, 2.24) is 5.32 Å². The molecule has 0 unspecified atom stereocenters. The maximum atomic E-state index is 12.3. The van der Waals surface area contributed by atoms with E-state index >= 15 is 0 Å². The van der Waals surface area contributed by atoms with Crippen LogP contribution >= 0.6 is 0 Å². The van der Waals surface area contributed by atoms with Crippen molar-refractivity contribution in [3.63, 3.8) is 0 Å². The first-order valence-corrected chi connectivity index (χ1v) is 10.9. The Kier molecular flexibility index (Phi) is 7.69. The molecular weight excluding hydrogens is 437 g/mol. The summed E-state index contributed by atoms with van der Waals surface area (Å²) in [6.07, 6.45) is 1.21. The lowest BCUT2D eigenvalue weighted by molar-refractivity contribution is 0.00578. The predicted octanol–water partition coefficient (Wildman–Crippen LogP) is 4.33. The molecule has 180 valence electrons. The number of ether oxygens (including phenoxy) is 2. The van der Waals surface area contributed by atoms with E-state index in [9.17, 15) is 14.7 Å². The molecule has 34 heavy (non-hydrogen) atoms. The highest BCUT2D eigenvalue weighted by Crippen LogP contribution is 2.39. The molecule has 8 nitrogen and oxygen atoms in total. The second-order valence-corrected chi connectivity index (χ2v) is 8.99. The molecule has 0 aliphatic carbocycles. The lowest BCUT2D eigenvalue weighted by Gasteiger charge is -2.32. The van der Waals surface area contributed by atoms with E-state index < -0.39 is 30.4 Å². The summed E-state index contributed by atoms with van der Waals surface area (Å²) in [5.41, 5.74) is 1.10. The van der Waals surface area contributed by atoms with Gasteiger partial charge in [-0.05, 0) is 56.4 Å². The summed E-state index contributed by atoms with van der Waals surface area (Å²) < 4.78 is 22.9. The van der Waals surface area contributed by atoms with Gasteiger partial charge in [-0.15, -0.1) is 0 Å². The van der Waals surface area contributed by atoms with Crippen LogP contribution in [0.1, 0.15) is 49.2 Å². The Bertz CT molecular complexity index is 1050. The third-order valence-corrected chi connectivity index (χ3v) is 6.01. The maximum absolute atomic E-state index is 12.3. The molecule has 2 aromatic carbocycles. The number of methoxy groups -OCH3 is 1. The second-order valence-electron chi connectivity index (χ2n) is 8.99. The lowest BCUT2D eigenvalue weighted by atomic mass is 9.77. The number of benzene rings is 2. The van der Waals surface area contributed by atoms with Crippen LogP contribution in [0.2, 0.25) is 0 Å². The van der Waals surface area contributed by atoms with Crippen LogP contribution in [0.25, 0.3) is 6.08 Å². The molecule has 1 fully saturated rings. The van der Waals surface area contributed by atoms with E-state index in [0.717, 1.165) is 5.56 Å². The minimum atomic E-state index is -1.08. The second kappa shape index (κ2) is 10.3. The van der Waals surface area contributed by atoms with Gasteiger partial charge in [0.25, 0.3) is 0 Å². The Hall–Kier alpha value is -3.30. The number of alkyl carbamates (subject to hydrolysis) is 1.